The molecule has 8 heteroatoms. The summed E-state index contributed by atoms with van der Waals surface area (Å²) < 4.78 is 15.4. The number of anilines is 2. The van der Waals surface area contributed by atoms with Gasteiger partial charge in [-0.1, -0.05) is 25.5 Å². The van der Waals surface area contributed by atoms with Crippen LogP contribution in [-0.2, 0) is 11.2 Å². The molecule has 7 nitrogen and oxygen atoms in total. The van der Waals surface area contributed by atoms with Crippen molar-refractivity contribution in [3.05, 3.63) is 60.2 Å². The van der Waals surface area contributed by atoms with Crippen molar-refractivity contribution in [2.24, 2.45) is 0 Å². The monoisotopic (exact) mass is 354 g/mol. The number of tetrazole rings is 1. The highest BCUT2D eigenvalue weighted by Gasteiger charge is 2.08. The lowest BCUT2D eigenvalue weighted by Crippen LogP contribution is -2.22. The molecule has 0 spiro atoms. The third kappa shape index (κ3) is 4.41. The summed E-state index contributed by atoms with van der Waals surface area (Å²) in [6.45, 7) is 2.06. The number of nitrogens with zero attached hydrogens (tertiary/aromatic N) is 4. The third-order valence-corrected chi connectivity index (χ3v) is 3.78. The highest BCUT2D eigenvalue weighted by Crippen LogP contribution is 2.18. The summed E-state index contributed by atoms with van der Waals surface area (Å²) >= 11 is 0. The van der Waals surface area contributed by atoms with Gasteiger partial charge in [0.25, 0.3) is 0 Å². The Hall–Kier alpha value is -3.29. The Balaban J connectivity index is 1.59. The zero-order chi connectivity index (χ0) is 18.4. The van der Waals surface area contributed by atoms with Crippen LogP contribution < -0.4 is 10.6 Å². The summed E-state index contributed by atoms with van der Waals surface area (Å²) in [5.41, 5.74) is 2.72. The highest BCUT2D eigenvalue weighted by atomic mass is 19.1. The molecule has 0 radical (unpaired) electrons. The molecule has 0 fully saturated rings. The first-order valence-corrected chi connectivity index (χ1v) is 8.31. The van der Waals surface area contributed by atoms with Gasteiger partial charge in [-0.05, 0) is 52.7 Å². The average Bonchev–Trinajstić information content (AvgIpc) is 3.18. The van der Waals surface area contributed by atoms with Gasteiger partial charge >= 0.3 is 0 Å². The standard InChI is InChI=1S/C18H19FN6O/c1-2-3-13-4-6-14(7-5-13)22-18(26)11-20-17-10-15(8-9-16(17)19)25-12-21-23-24-25/h4-10,12,20H,2-3,11H2,1H3,(H,22,26). The number of rotatable bonds is 7. The van der Waals surface area contributed by atoms with Crippen molar-refractivity contribution in [1.29, 1.82) is 0 Å². The average molecular weight is 354 g/mol. The van der Waals surface area contributed by atoms with Crippen LogP contribution in [0.25, 0.3) is 5.69 Å². The Bertz CT molecular complexity index is 864. The number of carbonyl (C=O) groups is 1. The minimum atomic E-state index is -0.460. The molecule has 0 aliphatic rings. The van der Waals surface area contributed by atoms with Crippen molar-refractivity contribution in [2.45, 2.75) is 19.8 Å². The molecule has 2 N–H and O–H groups in total. The van der Waals surface area contributed by atoms with Crippen molar-refractivity contribution >= 4 is 17.3 Å². The van der Waals surface area contributed by atoms with Gasteiger partial charge in [-0.15, -0.1) is 5.10 Å². The molecule has 134 valence electrons. The van der Waals surface area contributed by atoms with Gasteiger partial charge in [0.05, 0.1) is 17.9 Å². The molecule has 0 atom stereocenters. The van der Waals surface area contributed by atoms with Gasteiger partial charge in [-0.2, -0.15) is 0 Å². The summed E-state index contributed by atoms with van der Waals surface area (Å²) in [7, 11) is 0. The van der Waals surface area contributed by atoms with Crippen LogP contribution in [0.15, 0.2) is 48.8 Å². The van der Waals surface area contributed by atoms with E-state index in [2.05, 4.69) is 33.1 Å². The van der Waals surface area contributed by atoms with Gasteiger partial charge in [-0.3, -0.25) is 4.79 Å². The molecule has 3 rings (SSSR count). The van der Waals surface area contributed by atoms with Crippen LogP contribution in [0.5, 0.6) is 0 Å². The second kappa shape index (κ2) is 8.19. The molecule has 0 aliphatic carbocycles. The van der Waals surface area contributed by atoms with E-state index >= 15 is 0 Å². The smallest absolute Gasteiger partial charge is 0.243 e. The number of halogens is 1. The van der Waals surface area contributed by atoms with Crippen molar-refractivity contribution in [3.8, 4) is 5.69 Å². The first-order valence-electron chi connectivity index (χ1n) is 8.31. The zero-order valence-electron chi connectivity index (χ0n) is 14.3. The van der Waals surface area contributed by atoms with E-state index < -0.39 is 5.82 Å². The van der Waals surface area contributed by atoms with Crippen LogP contribution in [0.4, 0.5) is 15.8 Å². The molecule has 0 aliphatic heterocycles. The Labute approximate surface area is 150 Å². The van der Waals surface area contributed by atoms with Crippen LogP contribution in [0, 0.1) is 5.82 Å². The van der Waals surface area contributed by atoms with Gasteiger partial charge < -0.3 is 10.6 Å². The van der Waals surface area contributed by atoms with Gasteiger partial charge in [0.15, 0.2) is 0 Å². The number of hydrogen-bond donors (Lipinski definition) is 2. The number of hydrogen-bond acceptors (Lipinski definition) is 5. The lowest BCUT2D eigenvalue weighted by Gasteiger charge is -2.10. The van der Waals surface area contributed by atoms with E-state index in [1.807, 2.05) is 24.3 Å². The van der Waals surface area contributed by atoms with E-state index in [-0.39, 0.29) is 18.1 Å². The molecular formula is C18H19FN6O. The van der Waals surface area contributed by atoms with E-state index in [0.717, 1.165) is 12.8 Å². The number of amides is 1. The minimum absolute atomic E-state index is 0.0628. The molecule has 0 saturated heterocycles. The van der Waals surface area contributed by atoms with Gasteiger partial charge in [0.2, 0.25) is 5.91 Å². The fourth-order valence-electron chi connectivity index (χ4n) is 2.49. The summed E-state index contributed by atoms with van der Waals surface area (Å²) in [5.74, 6) is -0.723. The van der Waals surface area contributed by atoms with Gasteiger partial charge in [0, 0.05) is 5.69 Å². The molecule has 3 aromatic rings. The molecule has 0 unspecified atom stereocenters. The van der Waals surface area contributed by atoms with E-state index in [1.165, 1.54) is 22.6 Å². The van der Waals surface area contributed by atoms with Crippen molar-refractivity contribution < 1.29 is 9.18 Å². The normalized spacial score (nSPS) is 10.5. The molecule has 0 bridgehead atoms. The first-order chi connectivity index (χ1) is 12.7. The fraction of sp³-hybridized carbons (Fsp3) is 0.222. The Morgan fingerprint density at radius 2 is 2.00 bits per heavy atom. The van der Waals surface area contributed by atoms with E-state index in [4.69, 9.17) is 0 Å². The number of aryl methyl sites for hydroxylation is 1. The first kappa shape index (κ1) is 17.5. The van der Waals surface area contributed by atoms with Crippen LogP contribution in [0.2, 0.25) is 0 Å². The van der Waals surface area contributed by atoms with Crippen molar-refractivity contribution in [3.63, 3.8) is 0 Å². The largest absolute Gasteiger partial charge is 0.374 e. The lowest BCUT2D eigenvalue weighted by molar-refractivity contribution is -0.114. The van der Waals surface area contributed by atoms with E-state index in [1.54, 1.807) is 12.1 Å². The predicted octanol–water partition coefficient (Wildman–Crippen LogP) is 2.80. The summed E-state index contributed by atoms with van der Waals surface area (Å²) in [5, 5.41) is 16.4. The summed E-state index contributed by atoms with van der Waals surface area (Å²) in [4.78, 5) is 12.1. The third-order valence-electron chi connectivity index (χ3n) is 3.78. The van der Waals surface area contributed by atoms with Gasteiger partial charge in [0.1, 0.15) is 12.1 Å². The van der Waals surface area contributed by atoms with Gasteiger partial charge in [-0.25, -0.2) is 9.07 Å². The number of carbonyl (C=O) groups excluding carboxylic acids is 1. The SMILES string of the molecule is CCCc1ccc(NC(=O)CNc2cc(-n3cnnn3)ccc2F)cc1. The Morgan fingerprint density at radius 1 is 1.19 bits per heavy atom. The maximum Gasteiger partial charge on any atom is 0.243 e. The quantitative estimate of drug-likeness (QED) is 0.681. The number of nitrogens with one attached hydrogen (secondary N) is 2. The van der Waals surface area contributed by atoms with E-state index in [9.17, 15) is 9.18 Å². The van der Waals surface area contributed by atoms with Crippen molar-refractivity contribution in [1.82, 2.24) is 20.2 Å². The molecule has 1 aromatic heterocycles. The molecular weight excluding hydrogens is 335 g/mol. The molecule has 1 heterocycles. The second-order valence-electron chi connectivity index (χ2n) is 5.77. The maximum atomic E-state index is 14.0. The molecule has 0 saturated carbocycles. The lowest BCUT2D eigenvalue weighted by atomic mass is 10.1. The highest BCUT2D eigenvalue weighted by molar-refractivity contribution is 5.93. The zero-order valence-corrected chi connectivity index (χ0v) is 14.3. The molecule has 2 aromatic carbocycles. The topological polar surface area (TPSA) is 84.7 Å². The van der Waals surface area contributed by atoms with Crippen molar-refractivity contribution in [2.75, 3.05) is 17.2 Å². The fourth-order valence-corrected chi connectivity index (χ4v) is 2.49. The van der Waals surface area contributed by atoms with Crippen LogP contribution in [-0.4, -0.2) is 32.7 Å². The van der Waals surface area contributed by atoms with Crippen LogP contribution in [0.1, 0.15) is 18.9 Å². The molecule has 26 heavy (non-hydrogen) atoms. The minimum Gasteiger partial charge on any atom is -0.374 e. The van der Waals surface area contributed by atoms with Crippen LogP contribution in [0.3, 0.4) is 0 Å². The van der Waals surface area contributed by atoms with E-state index in [0.29, 0.717) is 11.4 Å². The molecule has 1 amide bonds. The predicted molar refractivity (Wildman–Crippen MR) is 96.7 cm³/mol. The summed E-state index contributed by atoms with van der Waals surface area (Å²) in [6.07, 6.45) is 3.49. The Kier molecular flexibility index (Phi) is 5.52. The van der Waals surface area contributed by atoms with Crippen LogP contribution >= 0.6 is 0 Å². The maximum absolute atomic E-state index is 14.0. The summed E-state index contributed by atoms with van der Waals surface area (Å²) in [6, 6.07) is 12.1. The Morgan fingerprint density at radius 3 is 2.69 bits per heavy atom. The second-order valence-corrected chi connectivity index (χ2v) is 5.77. The number of aromatic nitrogens is 4. The number of benzene rings is 2.